The number of halogens is 1. The molecular formula is C27H30FN7O3S. The Kier molecular flexibility index (Phi) is 6.75. The number of aryl methyl sites for hydroxylation is 1. The van der Waals surface area contributed by atoms with E-state index in [4.69, 9.17) is 10.5 Å². The third-order valence-corrected chi connectivity index (χ3v) is 7.66. The lowest BCUT2D eigenvalue weighted by molar-refractivity contribution is 0.0218. The van der Waals surface area contributed by atoms with Crippen molar-refractivity contribution in [2.24, 2.45) is 5.73 Å². The normalized spacial score (nSPS) is 16.1. The first-order valence-electron chi connectivity index (χ1n) is 12.6. The summed E-state index contributed by atoms with van der Waals surface area (Å²) in [5.41, 5.74) is 6.97. The van der Waals surface area contributed by atoms with Gasteiger partial charge in [0, 0.05) is 43.0 Å². The van der Waals surface area contributed by atoms with Gasteiger partial charge in [0.2, 0.25) is 0 Å². The van der Waals surface area contributed by atoms with Gasteiger partial charge in [-0.1, -0.05) is 29.5 Å². The monoisotopic (exact) mass is 551 g/mol. The summed E-state index contributed by atoms with van der Waals surface area (Å²) < 4.78 is 22.4. The molecule has 1 aliphatic heterocycles. The number of rotatable bonds is 4. The zero-order valence-corrected chi connectivity index (χ0v) is 23.3. The lowest BCUT2D eigenvalue weighted by Gasteiger charge is -2.41. The average Bonchev–Trinajstić information content (AvgIpc) is 3.44. The van der Waals surface area contributed by atoms with Gasteiger partial charge < -0.3 is 20.3 Å². The van der Waals surface area contributed by atoms with Crippen LogP contribution in [0.5, 0.6) is 0 Å². The van der Waals surface area contributed by atoms with Crippen LogP contribution in [-0.4, -0.2) is 67.7 Å². The Labute approximate surface area is 229 Å². The van der Waals surface area contributed by atoms with Crippen LogP contribution >= 0.6 is 11.3 Å². The number of hydrogen-bond donors (Lipinski definition) is 1. The minimum atomic E-state index is -0.587. The predicted molar refractivity (Wildman–Crippen MR) is 148 cm³/mol. The Bertz CT molecular complexity index is 1580. The molecule has 3 aromatic heterocycles. The molecule has 1 aliphatic rings. The van der Waals surface area contributed by atoms with Crippen LogP contribution in [0, 0.1) is 12.7 Å². The van der Waals surface area contributed by atoms with Crippen LogP contribution in [0.1, 0.15) is 43.1 Å². The van der Waals surface area contributed by atoms with E-state index in [-0.39, 0.29) is 18.0 Å². The Morgan fingerprint density at radius 2 is 1.90 bits per heavy atom. The second-order valence-corrected chi connectivity index (χ2v) is 11.5. The molecule has 1 atom stereocenters. The molecule has 204 valence electrons. The molecule has 5 rings (SSSR count). The lowest BCUT2D eigenvalue weighted by atomic mass is 10.0. The first-order valence-corrected chi connectivity index (χ1v) is 13.4. The van der Waals surface area contributed by atoms with Crippen molar-refractivity contribution in [1.82, 2.24) is 24.4 Å². The molecule has 1 saturated heterocycles. The highest BCUT2D eigenvalue weighted by Crippen LogP contribution is 2.39. The number of anilines is 1. The van der Waals surface area contributed by atoms with Crippen molar-refractivity contribution in [2.45, 2.75) is 46.3 Å². The van der Waals surface area contributed by atoms with E-state index in [0.717, 1.165) is 11.3 Å². The van der Waals surface area contributed by atoms with E-state index < -0.39 is 11.5 Å². The maximum Gasteiger partial charge on any atom is 0.410 e. The molecule has 2 N–H and O–H groups in total. The van der Waals surface area contributed by atoms with Crippen LogP contribution in [0.4, 0.5) is 15.0 Å². The quantitative estimate of drug-likeness (QED) is 0.396. The van der Waals surface area contributed by atoms with Gasteiger partial charge in [-0.15, -0.1) is 0 Å². The molecule has 2 amide bonds. The number of primary amides is 1. The number of carbonyl (C=O) groups excluding carboxylic acids is 2. The van der Waals surface area contributed by atoms with E-state index in [1.54, 1.807) is 40.8 Å². The number of aromatic nitrogens is 4. The Balaban J connectivity index is 1.62. The van der Waals surface area contributed by atoms with E-state index in [2.05, 4.69) is 19.9 Å². The summed E-state index contributed by atoms with van der Waals surface area (Å²) in [6, 6.07) is 6.41. The van der Waals surface area contributed by atoms with E-state index in [1.807, 2.05) is 27.7 Å². The highest BCUT2D eigenvalue weighted by Gasteiger charge is 2.33. The second kappa shape index (κ2) is 9.92. The van der Waals surface area contributed by atoms with Gasteiger partial charge in [-0.05, 0) is 40.7 Å². The molecular weight excluding hydrogens is 521 g/mol. The maximum atomic E-state index is 15.1. The molecule has 0 radical (unpaired) electrons. The summed E-state index contributed by atoms with van der Waals surface area (Å²) >= 11 is 1.15. The number of nitrogens with two attached hydrogens (primary N) is 1. The number of piperazine rings is 1. The zero-order chi connectivity index (χ0) is 28.1. The van der Waals surface area contributed by atoms with E-state index in [9.17, 15) is 9.59 Å². The summed E-state index contributed by atoms with van der Waals surface area (Å²) in [5.74, 6) is -0.326. The van der Waals surface area contributed by atoms with Gasteiger partial charge in [0.25, 0.3) is 5.91 Å². The maximum absolute atomic E-state index is 15.1. The number of carbonyl (C=O) groups is 2. The molecule has 0 bridgehead atoms. The fourth-order valence-corrected chi connectivity index (χ4v) is 5.67. The van der Waals surface area contributed by atoms with Crippen molar-refractivity contribution in [3.8, 4) is 16.3 Å². The number of benzene rings is 1. The van der Waals surface area contributed by atoms with Gasteiger partial charge in [-0.3, -0.25) is 9.36 Å². The average molecular weight is 552 g/mol. The summed E-state index contributed by atoms with van der Waals surface area (Å²) in [4.78, 5) is 42.5. The van der Waals surface area contributed by atoms with Crippen LogP contribution in [0.15, 0.2) is 36.8 Å². The molecule has 0 unspecified atom stereocenters. The number of fused-ring (bicyclic) bond motifs is 1. The third kappa shape index (κ3) is 5.03. The third-order valence-electron chi connectivity index (χ3n) is 6.49. The second-order valence-electron chi connectivity index (χ2n) is 10.5. The summed E-state index contributed by atoms with van der Waals surface area (Å²) in [7, 11) is 0. The number of thiazole rings is 1. The minimum Gasteiger partial charge on any atom is -0.444 e. The zero-order valence-electron chi connectivity index (χ0n) is 22.4. The Hall–Kier alpha value is -4.06. The predicted octanol–water partition coefficient (Wildman–Crippen LogP) is 4.54. The first kappa shape index (κ1) is 26.5. The van der Waals surface area contributed by atoms with Crippen molar-refractivity contribution in [3.63, 3.8) is 0 Å². The molecule has 0 saturated carbocycles. The molecule has 10 nitrogen and oxygen atoms in total. The molecule has 1 fully saturated rings. The largest absolute Gasteiger partial charge is 0.444 e. The highest BCUT2D eigenvalue weighted by molar-refractivity contribution is 7.16. The molecule has 0 spiro atoms. The molecule has 12 heteroatoms. The SMILES string of the molecule is Cc1nc(-n2cc(-c3ccccc3F)c3c(N4CCN(C(=O)OC(C)(C)C)C[C@@H]4C)ncnc32)sc1C(N)=O. The molecule has 0 aliphatic carbocycles. The Morgan fingerprint density at radius 3 is 2.54 bits per heavy atom. The molecule has 4 heterocycles. The van der Waals surface area contributed by atoms with Gasteiger partial charge in [0.1, 0.15) is 28.4 Å². The topological polar surface area (TPSA) is 119 Å². The van der Waals surface area contributed by atoms with Crippen molar-refractivity contribution < 1.29 is 18.7 Å². The number of ether oxygens (including phenoxy) is 1. The summed E-state index contributed by atoms with van der Waals surface area (Å²) in [6.07, 6.45) is 2.87. The van der Waals surface area contributed by atoms with Crippen molar-refractivity contribution in [1.29, 1.82) is 0 Å². The molecule has 39 heavy (non-hydrogen) atoms. The minimum absolute atomic E-state index is 0.107. The van der Waals surface area contributed by atoms with Gasteiger partial charge in [0.05, 0.1) is 11.1 Å². The summed E-state index contributed by atoms with van der Waals surface area (Å²) in [5, 5.41) is 1.13. The van der Waals surface area contributed by atoms with Crippen LogP contribution in [-0.2, 0) is 4.74 Å². The van der Waals surface area contributed by atoms with E-state index in [0.29, 0.717) is 63.3 Å². The standard InChI is InChI=1S/C27H30FN7O3S/c1-15-12-33(26(37)38-27(3,4)5)10-11-34(15)23-20-18(17-8-6-7-9-19(17)28)13-35(24(20)31-14-30-23)25-32-16(2)21(39-25)22(29)36/h6-9,13-15H,10-12H2,1-5H3,(H2,29,36)/t15-/m0/s1. The van der Waals surface area contributed by atoms with Gasteiger partial charge in [0.15, 0.2) is 10.8 Å². The summed E-state index contributed by atoms with van der Waals surface area (Å²) in [6.45, 7) is 10.6. The number of nitrogens with zero attached hydrogens (tertiary/aromatic N) is 6. The van der Waals surface area contributed by atoms with E-state index >= 15 is 4.39 Å². The molecule has 4 aromatic rings. The fraction of sp³-hybridized carbons (Fsp3) is 0.370. The first-order chi connectivity index (χ1) is 18.4. The Morgan fingerprint density at radius 1 is 1.15 bits per heavy atom. The van der Waals surface area contributed by atoms with Gasteiger partial charge in [-0.2, -0.15) is 0 Å². The lowest BCUT2D eigenvalue weighted by Crippen LogP contribution is -2.54. The molecule has 1 aromatic carbocycles. The van der Waals surface area contributed by atoms with Crippen molar-refractivity contribution in [2.75, 3.05) is 24.5 Å². The van der Waals surface area contributed by atoms with Crippen LogP contribution in [0.2, 0.25) is 0 Å². The van der Waals surface area contributed by atoms with Crippen LogP contribution in [0.25, 0.3) is 27.3 Å². The van der Waals surface area contributed by atoms with Gasteiger partial charge in [-0.25, -0.2) is 24.1 Å². The smallest absolute Gasteiger partial charge is 0.410 e. The van der Waals surface area contributed by atoms with E-state index in [1.165, 1.54) is 12.4 Å². The van der Waals surface area contributed by atoms with Crippen LogP contribution in [0.3, 0.4) is 0 Å². The van der Waals surface area contributed by atoms with Crippen LogP contribution < -0.4 is 10.6 Å². The van der Waals surface area contributed by atoms with Crippen molar-refractivity contribution in [3.05, 3.63) is 53.2 Å². The van der Waals surface area contributed by atoms with Gasteiger partial charge >= 0.3 is 6.09 Å². The highest BCUT2D eigenvalue weighted by atomic mass is 32.1. The number of hydrogen-bond acceptors (Lipinski definition) is 8. The fourth-order valence-electron chi connectivity index (χ4n) is 4.77. The number of amides is 2. The van der Waals surface area contributed by atoms with Crippen molar-refractivity contribution >= 4 is 40.2 Å².